The molecule has 0 amide bonds. The van der Waals surface area contributed by atoms with Gasteiger partial charge in [-0.2, -0.15) is 10.2 Å². The van der Waals surface area contributed by atoms with Crippen molar-refractivity contribution in [2.75, 3.05) is 0 Å². The highest BCUT2D eigenvalue weighted by molar-refractivity contribution is 6.30. The van der Waals surface area contributed by atoms with Crippen LogP contribution in [0.4, 0.5) is 0 Å². The minimum Gasteiger partial charge on any atom is -0.508 e. The fourth-order valence-electron chi connectivity index (χ4n) is 1.29. The highest BCUT2D eigenvalue weighted by Crippen LogP contribution is 2.14. The van der Waals surface area contributed by atoms with E-state index in [1.165, 1.54) is 6.20 Å². The summed E-state index contributed by atoms with van der Waals surface area (Å²) in [7, 11) is 0. The molecule has 0 unspecified atom stereocenters. The Bertz CT molecular complexity index is 456. The summed E-state index contributed by atoms with van der Waals surface area (Å²) < 4.78 is 0. The fourth-order valence-corrected chi connectivity index (χ4v) is 1.46. The smallest absolute Gasteiger partial charge is 0.115 e. The van der Waals surface area contributed by atoms with Gasteiger partial charge in [0.1, 0.15) is 5.75 Å². The van der Waals surface area contributed by atoms with E-state index in [0.29, 0.717) is 11.4 Å². The molecule has 2 aromatic rings. The van der Waals surface area contributed by atoms with Crippen LogP contribution in [0.5, 0.6) is 5.75 Å². The first-order valence-corrected chi connectivity index (χ1v) is 4.87. The van der Waals surface area contributed by atoms with Gasteiger partial charge in [-0.25, -0.2) is 0 Å². The van der Waals surface area contributed by atoms with Gasteiger partial charge in [-0.15, -0.1) is 0 Å². The monoisotopic (exact) mass is 220 g/mol. The van der Waals surface area contributed by atoms with E-state index in [1.54, 1.807) is 18.2 Å². The highest BCUT2D eigenvalue weighted by atomic mass is 35.5. The van der Waals surface area contributed by atoms with Gasteiger partial charge in [0.05, 0.1) is 16.9 Å². The molecule has 0 saturated heterocycles. The number of benzene rings is 1. The molecule has 15 heavy (non-hydrogen) atoms. The number of halogens is 1. The predicted octanol–water partition coefficient (Wildman–Crippen LogP) is 2.43. The molecule has 76 valence electrons. The highest BCUT2D eigenvalue weighted by Gasteiger charge is 1.99. The zero-order valence-electron chi connectivity index (χ0n) is 7.89. The molecule has 2 rings (SSSR count). The molecule has 1 N–H and O–H groups in total. The van der Waals surface area contributed by atoms with Crippen LogP contribution in [-0.4, -0.2) is 15.3 Å². The number of aromatic hydroxyl groups is 1. The summed E-state index contributed by atoms with van der Waals surface area (Å²) in [6.45, 7) is 0. The molecule has 4 heteroatoms. The third-order valence-corrected chi connectivity index (χ3v) is 2.20. The molecule has 0 atom stereocenters. The van der Waals surface area contributed by atoms with E-state index in [2.05, 4.69) is 10.2 Å². The molecule has 0 radical (unpaired) electrons. The number of aromatic nitrogens is 2. The number of rotatable bonds is 2. The van der Waals surface area contributed by atoms with Gasteiger partial charge in [0.25, 0.3) is 0 Å². The van der Waals surface area contributed by atoms with Crippen molar-refractivity contribution >= 4 is 11.6 Å². The average molecular weight is 221 g/mol. The standard InChI is InChI=1S/C11H9ClN2O/c12-9-6-10(14-13-7-9)5-8-1-3-11(15)4-2-8/h1-4,6-7,15H,5H2. The maximum Gasteiger partial charge on any atom is 0.115 e. The maximum atomic E-state index is 9.12. The van der Waals surface area contributed by atoms with Crippen molar-refractivity contribution in [3.05, 3.63) is 52.8 Å². The van der Waals surface area contributed by atoms with Gasteiger partial charge in [-0.3, -0.25) is 0 Å². The zero-order chi connectivity index (χ0) is 10.7. The molecule has 0 bridgehead atoms. The van der Waals surface area contributed by atoms with E-state index in [4.69, 9.17) is 16.7 Å². The maximum absolute atomic E-state index is 9.12. The lowest BCUT2D eigenvalue weighted by atomic mass is 10.1. The van der Waals surface area contributed by atoms with Crippen molar-refractivity contribution in [3.63, 3.8) is 0 Å². The quantitative estimate of drug-likeness (QED) is 0.846. The van der Waals surface area contributed by atoms with Gasteiger partial charge >= 0.3 is 0 Å². The second-order valence-electron chi connectivity index (χ2n) is 3.21. The fraction of sp³-hybridized carbons (Fsp3) is 0.0909. The third kappa shape index (κ3) is 2.67. The Hall–Kier alpha value is -1.61. The van der Waals surface area contributed by atoms with Crippen molar-refractivity contribution in [1.29, 1.82) is 0 Å². The third-order valence-electron chi connectivity index (χ3n) is 1.99. The summed E-state index contributed by atoms with van der Waals surface area (Å²) in [5, 5.41) is 17.4. The largest absolute Gasteiger partial charge is 0.508 e. The Kier molecular flexibility index (Phi) is 2.83. The minimum absolute atomic E-state index is 0.260. The molecular weight excluding hydrogens is 212 g/mol. The summed E-state index contributed by atoms with van der Waals surface area (Å²) in [5.41, 5.74) is 1.87. The number of phenols is 1. The lowest BCUT2D eigenvalue weighted by molar-refractivity contribution is 0.475. The summed E-state index contributed by atoms with van der Waals surface area (Å²) in [6, 6.07) is 8.76. The number of phenolic OH excluding ortho intramolecular Hbond substituents is 1. The minimum atomic E-state index is 0.260. The van der Waals surface area contributed by atoms with Crippen molar-refractivity contribution < 1.29 is 5.11 Å². The van der Waals surface area contributed by atoms with Gasteiger partial charge in [-0.1, -0.05) is 23.7 Å². The van der Waals surface area contributed by atoms with Crippen LogP contribution in [0.3, 0.4) is 0 Å². The molecule has 0 aliphatic carbocycles. The van der Waals surface area contributed by atoms with Gasteiger partial charge in [0.15, 0.2) is 0 Å². The summed E-state index contributed by atoms with van der Waals surface area (Å²) >= 11 is 5.79. The molecule has 0 saturated carbocycles. The summed E-state index contributed by atoms with van der Waals surface area (Å²) in [5.74, 6) is 0.260. The van der Waals surface area contributed by atoms with Crippen LogP contribution in [0.1, 0.15) is 11.3 Å². The molecule has 1 heterocycles. The number of hydrogen-bond donors (Lipinski definition) is 1. The second-order valence-corrected chi connectivity index (χ2v) is 3.64. The lowest BCUT2D eigenvalue weighted by Crippen LogP contribution is -1.93. The average Bonchev–Trinajstić information content (AvgIpc) is 2.22. The van der Waals surface area contributed by atoms with Crippen molar-refractivity contribution in [3.8, 4) is 5.75 Å². The first-order chi connectivity index (χ1) is 7.24. The second kappa shape index (κ2) is 4.28. The molecular formula is C11H9ClN2O. The van der Waals surface area contributed by atoms with Gasteiger partial charge in [0, 0.05) is 6.42 Å². The van der Waals surface area contributed by atoms with Crippen molar-refractivity contribution in [1.82, 2.24) is 10.2 Å². The van der Waals surface area contributed by atoms with Crippen LogP contribution >= 0.6 is 11.6 Å². The Labute approximate surface area is 92.4 Å². The Morgan fingerprint density at radius 3 is 2.60 bits per heavy atom. The molecule has 3 nitrogen and oxygen atoms in total. The Morgan fingerprint density at radius 1 is 1.20 bits per heavy atom. The molecule has 0 aliphatic rings. The van der Waals surface area contributed by atoms with Gasteiger partial charge in [-0.05, 0) is 23.8 Å². The van der Waals surface area contributed by atoms with E-state index in [-0.39, 0.29) is 5.75 Å². The van der Waals surface area contributed by atoms with Gasteiger partial charge in [0.2, 0.25) is 0 Å². The van der Waals surface area contributed by atoms with E-state index in [0.717, 1.165) is 11.3 Å². The van der Waals surface area contributed by atoms with E-state index in [1.807, 2.05) is 12.1 Å². The van der Waals surface area contributed by atoms with E-state index >= 15 is 0 Å². The van der Waals surface area contributed by atoms with E-state index in [9.17, 15) is 0 Å². The Morgan fingerprint density at radius 2 is 1.93 bits per heavy atom. The van der Waals surface area contributed by atoms with Gasteiger partial charge < -0.3 is 5.11 Å². The topological polar surface area (TPSA) is 46.0 Å². The molecule has 1 aromatic carbocycles. The molecule has 0 spiro atoms. The van der Waals surface area contributed by atoms with Crippen LogP contribution in [0.2, 0.25) is 5.02 Å². The van der Waals surface area contributed by atoms with Crippen LogP contribution < -0.4 is 0 Å². The van der Waals surface area contributed by atoms with Crippen LogP contribution in [0.25, 0.3) is 0 Å². The van der Waals surface area contributed by atoms with Crippen LogP contribution in [0.15, 0.2) is 36.5 Å². The molecule has 1 aromatic heterocycles. The molecule has 0 fully saturated rings. The number of hydrogen-bond acceptors (Lipinski definition) is 3. The van der Waals surface area contributed by atoms with Crippen molar-refractivity contribution in [2.24, 2.45) is 0 Å². The predicted molar refractivity (Wildman–Crippen MR) is 58.0 cm³/mol. The SMILES string of the molecule is Oc1ccc(Cc2cc(Cl)cnn2)cc1. The first-order valence-electron chi connectivity index (χ1n) is 4.49. The molecule has 0 aliphatic heterocycles. The summed E-state index contributed by atoms with van der Waals surface area (Å²) in [6.07, 6.45) is 2.16. The van der Waals surface area contributed by atoms with Crippen molar-refractivity contribution in [2.45, 2.75) is 6.42 Å². The Balaban J connectivity index is 2.18. The van der Waals surface area contributed by atoms with E-state index < -0.39 is 0 Å². The summed E-state index contributed by atoms with van der Waals surface area (Å²) in [4.78, 5) is 0. The zero-order valence-corrected chi connectivity index (χ0v) is 8.65. The normalized spacial score (nSPS) is 10.2. The first kappa shape index (κ1) is 9.93. The number of nitrogens with zero attached hydrogens (tertiary/aromatic N) is 2. The van der Waals surface area contributed by atoms with Crippen LogP contribution in [-0.2, 0) is 6.42 Å². The van der Waals surface area contributed by atoms with Crippen LogP contribution in [0, 0.1) is 0 Å². The lowest BCUT2D eigenvalue weighted by Gasteiger charge is -2.00.